The first-order chi connectivity index (χ1) is 11.0. The number of halogens is 1. The van der Waals surface area contributed by atoms with E-state index in [1.807, 2.05) is 11.8 Å². The summed E-state index contributed by atoms with van der Waals surface area (Å²) >= 11 is 0. The third-order valence-electron chi connectivity index (χ3n) is 5.26. The summed E-state index contributed by atoms with van der Waals surface area (Å²) in [4.78, 5) is 26.7. The summed E-state index contributed by atoms with van der Waals surface area (Å²) < 4.78 is 18.2. The topological polar surface area (TPSA) is 46.6 Å². The van der Waals surface area contributed by atoms with Gasteiger partial charge >= 0.3 is 5.97 Å². The monoisotopic (exact) mass is 319 g/mol. The quantitative estimate of drug-likeness (QED) is 0.788. The standard InChI is InChI=1S/C18H22FNO3/c1-11-14-7-6-13(19)10-12(14)8-9-20(11)17(21)15-4-3-5-16(15)18(22)23-2/h6-7,10-11,15-16H,3-5,8-9H2,1-2H3. The van der Waals surface area contributed by atoms with E-state index in [4.69, 9.17) is 4.74 Å². The molecule has 0 aromatic heterocycles. The van der Waals surface area contributed by atoms with Crippen LogP contribution in [0.5, 0.6) is 0 Å². The molecule has 3 rings (SSSR count). The second-order valence-electron chi connectivity index (χ2n) is 6.47. The number of carbonyl (C=O) groups is 2. The van der Waals surface area contributed by atoms with Gasteiger partial charge in [0.15, 0.2) is 0 Å². The van der Waals surface area contributed by atoms with Crippen molar-refractivity contribution < 1.29 is 18.7 Å². The van der Waals surface area contributed by atoms with Gasteiger partial charge in [0, 0.05) is 6.54 Å². The molecule has 1 heterocycles. The number of methoxy groups -OCH3 is 1. The van der Waals surface area contributed by atoms with E-state index in [1.54, 1.807) is 12.1 Å². The van der Waals surface area contributed by atoms with Crippen LogP contribution in [0.25, 0.3) is 0 Å². The Morgan fingerprint density at radius 3 is 2.74 bits per heavy atom. The smallest absolute Gasteiger partial charge is 0.309 e. The molecule has 2 aliphatic rings. The van der Waals surface area contributed by atoms with E-state index >= 15 is 0 Å². The maximum atomic E-state index is 13.4. The average Bonchev–Trinajstić information content (AvgIpc) is 3.03. The molecule has 0 spiro atoms. The lowest BCUT2D eigenvalue weighted by atomic mass is 9.89. The van der Waals surface area contributed by atoms with Crippen LogP contribution in [-0.2, 0) is 20.7 Å². The number of nitrogens with zero attached hydrogens (tertiary/aromatic N) is 1. The third-order valence-corrected chi connectivity index (χ3v) is 5.26. The first kappa shape index (κ1) is 16.0. The van der Waals surface area contributed by atoms with Gasteiger partial charge in [-0.15, -0.1) is 0 Å². The fraction of sp³-hybridized carbons (Fsp3) is 0.556. The molecule has 3 atom stereocenters. The number of carbonyl (C=O) groups excluding carboxylic acids is 2. The number of hydrogen-bond donors (Lipinski definition) is 0. The van der Waals surface area contributed by atoms with Gasteiger partial charge in [0.25, 0.3) is 0 Å². The predicted molar refractivity (Wildman–Crippen MR) is 83.1 cm³/mol. The Morgan fingerprint density at radius 1 is 1.26 bits per heavy atom. The van der Waals surface area contributed by atoms with Gasteiger partial charge in [-0.3, -0.25) is 9.59 Å². The summed E-state index contributed by atoms with van der Waals surface area (Å²) in [6, 6.07) is 4.67. The summed E-state index contributed by atoms with van der Waals surface area (Å²) in [5.41, 5.74) is 1.97. The van der Waals surface area contributed by atoms with Gasteiger partial charge in [0.05, 0.1) is 25.0 Å². The molecule has 1 aromatic rings. The molecule has 124 valence electrons. The second kappa shape index (κ2) is 6.30. The first-order valence-corrected chi connectivity index (χ1v) is 8.19. The Labute approximate surface area is 135 Å². The first-order valence-electron chi connectivity index (χ1n) is 8.19. The molecule has 1 aromatic carbocycles. The predicted octanol–water partition coefficient (Wildman–Crippen LogP) is 2.86. The van der Waals surface area contributed by atoms with Crippen molar-refractivity contribution >= 4 is 11.9 Å². The molecule has 0 N–H and O–H groups in total. The van der Waals surface area contributed by atoms with Crippen molar-refractivity contribution in [2.45, 2.75) is 38.6 Å². The van der Waals surface area contributed by atoms with Gasteiger partial charge in [-0.2, -0.15) is 0 Å². The Balaban J connectivity index is 1.81. The van der Waals surface area contributed by atoms with E-state index in [-0.39, 0.29) is 35.6 Å². The van der Waals surface area contributed by atoms with Crippen LogP contribution in [0, 0.1) is 17.7 Å². The van der Waals surface area contributed by atoms with Crippen LogP contribution in [0.3, 0.4) is 0 Å². The highest BCUT2D eigenvalue weighted by Crippen LogP contribution is 2.37. The van der Waals surface area contributed by atoms with E-state index < -0.39 is 0 Å². The van der Waals surface area contributed by atoms with Gasteiger partial charge in [0.1, 0.15) is 5.82 Å². The Morgan fingerprint density at radius 2 is 2.00 bits per heavy atom. The molecule has 4 nitrogen and oxygen atoms in total. The molecular formula is C18H22FNO3. The minimum atomic E-state index is -0.325. The SMILES string of the molecule is COC(=O)C1CCCC1C(=O)N1CCc2cc(F)ccc2C1C. The van der Waals surface area contributed by atoms with Crippen molar-refractivity contribution in [2.75, 3.05) is 13.7 Å². The van der Waals surface area contributed by atoms with E-state index in [1.165, 1.54) is 13.2 Å². The molecule has 0 saturated heterocycles. The number of benzene rings is 1. The van der Waals surface area contributed by atoms with Gasteiger partial charge in [-0.1, -0.05) is 12.5 Å². The fourth-order valence-electron chi connectivity index (χ4n) is 4.00. The van der Waals surface area contributed by atoms with Crippen LogP contribution in [0.2, 0.25) is 0 Å². The highest BCUT2D eigenvalue weighted by molar-refractivity contribution is 5.86. The van der Waals surface area contributed by atoms with Crippen molar-refractivity contribution in [2.24, 2.45) is 11.8 Å². The van der Waals surface area contributed by atoms with Crippen LogP contribution in [0.15, 0.2) is 18.2 Å². The summed E-state index contributed by atoms with van der Waals surface area (Å²) in [6.45, 7) is 2.54. The summed E-state index contributed by atoms with van der Waals surface area (Å²) in [5, 5.41) is 0. The van der Waals surface area contributed by atoms with Gasteiger partial charge < -0.3 is 9.64 Å². The Kier molecular flexibility index (Phi) is 4.37. The zero-order chi connectivity index (χ0) is 16.6. The zero-order valence-corrected chi connectivity index (χ0v) is 13.5. The molecule has 0 bridgehead atoms. The summed E-state index contributed by atoms with van der Waals surface area (Å²) in [7, 11) is 1.37. The number of hydrogen-bond acceptors (Lipinski definition) is 3. The lowest BCUT2D eigenvalue weighted by molar-refractivity contribution is -0.152. The number of ether oxygens (including phenoxy) is 1. The number of rotatable bonds is 2. The van der Waals surface area contributed by atoms with E-state index in [2.05, 4.69) is 0 Å². The number of amides is 1. The van der Waals surface area contributed by atoms with Crippen LogP contribution >= 0.6 is 0 Å². The van der Waals surface area contributed by atoms with Crippen molar-refractivity contribution in [1.29, 1.82) is 0 Å². The lowest BCUT2D eigenvalue weighted by Gasteiger charge is -2.37. The molecule has 0 radical (unpaired) electrons. The number of esters is 1. The fourth-order valence-corrected chi connectivity index (χ4v) is 4.00. The molecule has 3 unspecified atom stereocenters. The maximum absolute atomic E-state index is 13.4. The molecule has 1 aliphatic carbocycles. The Hall–Kier alpha value is -1.91. The average molecular weight is 319 g/mol. The highest BCUT2D eigenvalue weighted by Gasteiger charge is 2.42. The Bertz CT molecular complexity index is 631. The number of fused-ring (bicyclic) bond motifs is 1. The minimum Gasteiger partial charge on any atom is -0.469 e. The highest BCUT2D eigenvalue weighted by atomic mass is 19.1. The van der Waals surface area contributed by atoms with Crippen molar-refractivity contribution in [3.63, 3.8) is 0 Å². The van der Waals surface area contributed by atoms with Gasteiger partial charge in [-0.25, -0.2) is 4.39 Å². The molecule has 23 heavy (non-hydrogen) atoms. The third kappa shape index (κ3) is 2.84. The van der Waals surface area contributed by atoms with Crippen LogP contribution in [0.1, 0.15) is 43.4 Å². The van der Waals surface area contributed by atoms with E-state index in [0.717, 1.165) is 24.0 Å². The normalized spacial score (nSPS) is 26.7. The van der Waals surface area contributed by atoms with Crippen LogP contribution in [-0.4, -0.2) is 30.4 Å². The molecule has 1 aliphatic heterocycles. The summed E-state index contributed by atoms with van der Waals surface area (Å²) in [5.74, 6) is -1.10. The van der Waals surface area contributed by atoms with Gasteiger partial charge in [0.2, 0.25) is 5.91 Å². The van der Waals surface area contributed by atoms with E-state index in [0.29, 0.717) is 19.4 Å². The summed E-state index contributed by atoms with van der Waals surface area (Å²) in [6.07, 6.45) is 2.98. The molecule has 1 amide bonds. The molecule has 5 heteroatoms. The zero-order valence-electron chi connectivity index (χ0n) is 13.5. The van der Waals surface area contributed by atoms with Crippen LogP contribution in [0.4, 0.5) is 4.39 Å². The van der Waals surface area contributed by atoms with Crippen molar-refractivity contribution in [3.8, 4) is 0 Å². The largest absolute Gasteiger partial charge is 0.469 e. The molecule has 1 saturated carbocycles. The molecule has 1 fully saturated rings. The van der Waals surface area contributed by atoms with Crippen molar-refractivity contribution in [3.05, 3.63) is 35.1 Å². The second-order valence-corrected chi connectivity index (χ2v) is 6.47. The van der Waals surface area contributed by atoms with Crippen molar-refractivity contribution in [1.82, 2.24) is 4.90 Å². The van der Waals surface area contributed by atoms with Crippen LogP contribution < -0.4 is 0 Å². The van der Waals surface area contributed by atoms with E-state index in [9.17, 15) is 14.0 Å². The van der Waals surface area contributed by atoms with Gasteiger partial charge in [-0.05, 0) is 49.4 Å². The lowest BCUT2D eigenvalue weighted by Crippen LogP contribution is -2.44. The molecular weight excluding hydrogens is 297 g/mol. The minimum absolute atomic E-state index is 0.0281. The maximum Gasteiger partial charge on any atom is 0.309 e.